The summed E-state index contributed by atoms with van der Waals surface area (Å²) in [6.45, 7) is 19.8. The van der Waals surface area contributed by atoms with Gasteiger partial charge in [-0.1, -0.05) is 74.8 Å². The van der Waals surface area contributed by atoms with Gasteiger partial charge in [0.25, 0.3) is 0 Å². The molecule has 324 valence electrons. The van der Waals surface area contributed by atoms with Crippen LogP contribution in [0, 0.1) is 11.8 Å². The van der Waals surface area contributed by atoms with Gasteiger partial charge in [0.15, 0.2) is 0 Å². The van der Waals surface area contributed by atoms with Gasteiger partial charge in [-0.15, -0.1) is 24.0 Å². The second kappa shape index (κ2) is 30.8. The molecule has 0 heterocycles. The molecule has 0 aliphatic heterocycles. The summed E-state index contributed by atoms with van der Waals surface area (Å²) in [7, 11) is 2.55. The topological polar surface area (TPSA) is 154 Å². The number of phenols is 4. The number of aliphatic hydroxyl groups is 1. The fraction of sp³-hybridized carbons (Fsp3) is 0.476. The summed E-state index contributed by atoms with van der Waals surface area (Å²) >= 11 is 9.54. The van der Waals surface area contributed by atoms with Crippen LogP contribution in [0.2, 0.25) is 0 Å². The van der Waals surface area contributed by atoms with Crippen LogP contribution in [0.15, 0.2) is 66.3 Å². The van der Waals surface area contributed by atoms with E-state index in [-0.39, 0.29) is 69.9 Å². The molecule has 57 heavy (non-hydrogen) atoms. The molecule has 9 nitrogen and oxygen atoms in total. The number of methoxy groups -OCH3 is 2. The SMILES string of the molecule is C=C(C)[C@@H]1CCC(C)=C[C@H]1c1c(O)cc(CCC)c(C(=O)OC)c1O.C=C(C)[C@H]1C=CC(C)(O)CC1.CCCc1cc(O)cc(O)c1C(=O)OC.I.II.I[I-]I. The molecule has 0 spiro atoms. The number of ether oxygens (including phenoxy) is 2. The summed E-state index contributed by atoms with van der Waals surface area (Å²) in [6.07, 6.45) is 12.5. The van der Waals surface area contributed by atoms with Gasteiger partial charge in [-0.2, -0.15) is 0 Å². The fourth-order valence-corrected chi connectivity index (χ4v) is 6.59. The van der Waals surface area contributed by atoms with Crippen molar-refractivity contribution >= 4 is 110 Å². The molecule has 2 aromatic rings. The molecule has 5 N–H and O–H groups in total. The molecule has 0 saturated heterocycles. The molecule has 0 radical (unpaired) electrons. The minimum absolute atomic E-state index is 0. The third-order valence-corrected chi connectivity index (χ3v) is 9.40. The van der Waals surface area contributed by atoms with Crippen molar-refractivity contribution in [1.82, 2.24) is 0 Å². The first-order valence-corrected chi connectivity index (χ1v) is 36.9. The second-order valence-corrected chi connectivity index (χ2v) is 30.2. The minimum atomic E-state index is -0.587. The van der Waals surface area contributed by atoms with Gasteiger partial charge in [0.1, 0.15) is 34.1 Å². The van der Waals surface area contributed by atoms with Crippen molar-refractivity contribution in [3.05, 3.63) is 94.1 Å². The van der Waals surface area contributed by atoms with Crippen LogP contribution in [0.5, 0.6) is 23.0 Å². The van der Waals surface area contributed by atoms with E-state index in [4.69, 9.17) is 4.74 Å². The Labute approximate surface area is 410 Å². The number of halogens is 6. The van der Waals surface area contributed by atoms with Gasteiger partial charge in [0, 0.05) is 54.8 Å². The molecular formula is C42H59I6O9-. The number of hydrogen-bond acceptors (Lipinski definition) is 9. The summed E-state index contributed by atoms with van der Waals surface area (Å²) < 4.78 is 9.43. The van der Waals surface area contributed by atoms with E-state index in [1.165, 1.54) is 31.4 Å². The van der Waals surface area contributed by atoms with E-state index in [9.17, 15) is 35.1 Å². The molecule has 2 aromatic carbocycles. The zero-order valence-electron chi connectivity index (χ0n) is 33.9. The van der Waals surface area contributed by atoms with Crippen molar-refractivity contribution in [2.45, 2.75) is 104 Å². The Kier molecular flexibility index (Phi) is 31.9. The van der Waals surface area contributed by atoms with Crippen LogP contribution in [0.25, 0.3) is 0 Å². The number of esters is 2. The van der Waals surface area contributed by atoms with Crippen LogP contribution in [-0.2, 0) is 22.3 Å². The van der Waals surface area contributed by atoms with Crippen molar-refractivity contribution in [3.8, 4) is 23.0 Å². The fourth-order valence-electron chi connectivity index (χ4n) is 6.59. The number of hydrogen-bond donors (Lipinski definition) is 5. The molecule has 0 amide bonds. The number of aromatic hydroxyl groups is 4. The van der Waals surface area contributed by atoms with E-state index in [2.05, 4.69) is 105 Å². The summed E-state index contributed by atoms with van der Waals surface area (Å²) in [4.78, 5) is 23.6. The maximum atomic E-state index is 12.3. The molecule has 0 bridgehead atoms. The molecule has 4 atom stereocenters. The van der Waals surface area contributed by atoms with Gasteiger partial charge >= 0.3 is 62.4 Å². The number of carbonyl (C=O) groups is 2. The predicted molar refractivity (Wildman–Crippen MR) is 273 cm³/mol. The van der Waals surface area contributed by atoms with Crippen molar-refractivity contribution in [2.24, 2.45) is 11.8 Å². The number of phenolic OH excluding ortho intramolecular Hbond substituents is 4. The van der Waals surface area contributed by atoms with Crippen molar-refractivity contribution in [1.29, 1.82) is 0 Å². The zero-order valence-corrected chi connectivity index (χ0v) is 47.1. The molecule has 0 saturated carbocycles. The Morgan fingerprint density at radius 2 is 1.39 bits per heavy atom. The Bertz CT molecular complexity index is 1670. The van der Waals surface area contributed by atoms with E-state index in [0.717, 1.165) is 50.2 Å². The molecule has 2 aliphatic carbocycles. The second-order valence-electron chi connectivity index (χ2n) is 14.0. The summed E-state index contributed by atoms with van der Waals surface area (Å²) in [5, 5.41) is 49.9. The molecular weight excluding hydrogens is 1410 g/mol. The van der Waals surface area contributed by atoms with E-state index < -0.39 is 17.5 Å². The quantitative estimate of drug-likeness (QED) is 0.0938. The summed E-state index contributed by atoms with van der Waals surface area (Å²) in [6, 6.07) is 4.19. The van der Waals surface area contributed by atoms with Crippen LogP contribution in [0.3, 0.4) is 0 Å². The van der Waals surface area contributed by atoms with Crippen LogP contribution < -0.4 is 13.3 Å². The first kappa shape index (κ1) is 59.0. The third-order valence-electron chi connectivity index (χ3n) is 9.40. The van der Waals surface area contributed by atoms with Crippen molar-refractivity contribution < 1.29 is 57.9 Å². The molecule has 15 heteroatoms. The van der Waals surface area contributed by atoms with Gasteiger partial charge in [-0.05, 0) is 101 Å². The first-order valence-electron chi connectivity index (χ1n) is 18.0. The predicted octanol–water partition coefficient (Wildman–Crippen LogP) is 10.1. The summed E-state index contributed by atoms with van der Waals surface area (Å²) in [5.41, 5.74) is 4.73. The van der Waals surface area contributed by atoms with Crippen molar-refractivity contribution in [3.63, 3.8) is 0 Å². The molecule has 2 aliphatic rings. The van der Waals surface area contributed by atoms with E-state index in [1.54, 1.807) is 6.07 Å². The molecule has 4 rings (SSSR count). The van der Waals surface area contributed by atoms with E-state index in [0.29, 0.717) is 48.7 Å². The Morgan fingerprint density at radius 1 is 0.877 bits per heavy atom. The zero-order chi connectivity index (χ0) is 43.3. The molecule has 1 unspecified atom stereocenters. The Hall–Kier alpha value is -0.120. The number of rotatable bonds is 9. The average molecular weight is 1470 g/mol. The van der Waals surface area contributed by atoms with E-state index in [1.807, 2.05) is 47.6 Å². The number of allylic oxidation sites excluding steroid dienone is 5. The van der Waals surface area contributed by atoms with Crippen LogP contribution in [0.4, 0.5) is 0 Å². The first-order chi connectivity index (χ1) is 26.3. The third kappa shape index (κ3) is 19.6. The van der Waals surface area contributed by atoms with Gasteiger partial charge in [-0.3, -0.25) is 0 Å². The number of aryl methyl sites for hydroxylation is 2. The monoisotopic (exact) mass is 1470 g/mol. The van der Waals surface area contributed by atoms with E-state index >= 15 is 0 Å². The van der Waals surface area contributed by atoms with Gasteiger partial charge in [-0.25, -0.2) is 9.59 Å². The van der Waals surface area contributed by atoms with Gasteiger partial charge < -0.3 is 35.0 Å². The summed E-state index contributed by atoms with van der Waals surface area (Å²) in [5.74, 6) is -1.22. The Morgan fingerprint density at radius 3 is 1.82 bits per heavy atom. The van der Waals surface area contributed by atoms with Gasteiger partial charge in [0.2, 0.25) is 0 Å². The van der Waals surface area contributed by atoms with Crippen LogP contribution in [0.1, 0.15) is 123 Å². The molecule has 0 fully saturated rings. The standard InChI is InChI=1S/C21H28O4.C11H14O4.C10H16O.I3.I2.HI/c1-6-7-14-11-17(22)19(20(23)18(14)21(24)25-5)16-10-13(4)8-9-15(16)12(2)3;1-3-4-7-5-8(12)6-9(13)10(7)11(14)15-2;1-8(2)9-4-6-10(3,11)7-5-9;1-3-2;1-2;/h10-11,15-16,22-23H,2,6-9H2,1,3-5H3;5-6,12-13H,3-4H2,1-2H3;4,6,9,11H,1,5,7H2,2-3H3;;;1H/q;;;-1;;/t15-,16+;;9-,10?;;;/m0.0.../s1. The maximum absolute atomic E-state index is 12.3. The average Bonchev–Trinajstić information content (AvgIpc) is 3.12. The number of carbonyl (C=O) groups excluding carboxylic acids is 2. The number of benzene rings is 2. The van der Waals surface area contributed by atoms with Gasteiger partial charge in [0.05, 0.1) is 19.8 Å². The Balaban J connectivity index is 0. The normalized spacial score (nSPS) is 19.1. The molecule has 0 aromatic heterocycles. The van der Waals surface area contributed by atoms with Crippen LogP contribution in [-0.4, -0.2) is 57.3 Å². The van der Waals surface area contributed by atoms with Crippen LogP contribution >= 0.6 is 98.4 Å². The van der Waals surface area contributed by atoms with Crippen molar-refractivity contribution in [2.75, 3.05) is 14.2 Å².